The van der Waals surface area contributed by atoms with Gasteiger partial charge in [-0.05, 0) is 19.1 Å². The van der Waals surface area contributed by atoms with Gasteiger partial charge in [0.15, 0.2) is 0 Å². The number of aliphatic carboxylic acids is 1. The molecule has 0 saturated carbocycles. The first-order valence-corrected chi connectivity index (χ1v) is 7.16. The van der Waals surface area contributed by atoms with Gasteiger partial charge in [-0.1, -0.05) is 34.8 Å². The first-order valence-electron chi connectivity index (χ1n) is 6.02. The van der Waals surface area contributed by atoms with Gasteiger partial charge < -0.3 is 5.11 Å². The lowest BCUT2D eigenvalue weighted by Crippen LogP contribution is -2.17. The second-order valence-electron chi connectivity index (χ2n) is 4.53. The Morgan fingerprint density at radius 1 is 1.35 bits per heavy atom. The Morgan fingerprint density at radius 3 is 2.48 bits per heavy atom. The van der Waals surface area contributed by atoms with Crippen molar-refractivity contribution in [2.45, 2.75) is 12.8 Å². The zero-order valence-corrected chi connectivity index (χ0v) is 13.6. The van der Waals surface area contributed by atoms with E-state index in [0.717, 1.165) is 4.68 Å². The number of H-pyrrole nitrogens is 1. The highest BCUT2D eigenvalue weighted by Gasteiger charge is 2.32. The minimum atomic E-state index is -1.33. The van der Waals surface area contributed by atoms with Crippen molar-refractivity contribution in [2.24, 2.45) is 0 Å². The van der Waals surface area contributed by atoms with Crippen LogP contribution in [0, 0.1) is 10.1 Å². The Morgan fingerprint density at radius 2 is 1.96 bits per heavy atom. The molecule has 0 aliphatic heterocycles. The average molecular weight is 381 g/mol. The minimum Gasteiger partial charge on any atom is -0.481 e. The standard InChI is InChI=1S/C12H8Cl3N3O5/c1-4(12(20)21)9-10(18(22)23)11(19)17(16-9)6-3-2-5(13)7(14)8(6)15/h2-4,16H,1H3,(H,20,21). The van der Waals surface area contributed by atoms with Gasteiger partial charge in [0.1, 0.15) is 11.6 Å². The number of aromatic amines is 1. The molecule has 1 aromatic carbocycles. The molecule has 11 heteroatoms. The van der Waals surface area contributed by atoms with E-state index in [-0.39, 0.29) is 26.4 Å². The van der Waals surface area contributed by atoms with Crippen molar-refractivity contribution in [3.8, 4) is 5.69 Å². The summed E-state index contributed by atoms with van der Waals surface area (Å²) in [6.45, 7) is 1.21. The second kappa shape index (κ2) is 6.23. The van der Waals surface area contributed by atoms with Crippen molar-refractivity contribution < 1.29 is 14.8 Å². The lowest BCUT2D eigenvalue weighted by Gasteiger charge is -2.07. The zero-order chi connectivity index (χ0) is 17.5. The van der Waals surface area contributed by atoms with Crippen molar-refractivity contribution in [3.05, 3.63) is 53.4 Å². The number of carboxylic acid groups (broad SMARTS) is 1. The maximum Gasteiger partial charge on any atom is 0.357 e. The largest absolute Gasteiger partial charge is 0.481 e. The summed E-state index contributed by atoms with van der Waals surface area (Å²) in [5.74, 6) is -2.63. The van der Waals surface area contributed by atoms with Crippen LogP contribution in [-0.2, 0) is 4.79 Å². The van der Waals surface area contributed by atoms with Crippen LogP contribution in [0.3, 0.4) is 0 Å². The van der Waals surface area contributed by atoms with Crippen molar-refractivity contribution in [1.82, 2.24) is 9.78 Å². The summed E-state index contributed by atoms with van der Waals surface area (Å²) < 4.78 is 0.761. The highest BCUT2D eigenvalue weighted by atomic mass is 35.5. The molecule has 1 unspecified atom stereocenters. The van der Waals surface area contributed by atoms with Crippen LogP contribution >= 0.6 is 34.8 Å². The smallest absolute Gasteiger partial charge is 0.357 e. The van der Waals surface area contributed by atoms with E-state index < -0.39 is 28.1 Å². The van der Waals surface area contributed by atoms with E-state index in [1.54, 1.807) is 0 Å². The van der Waals surface area contributed by atoms with Gasteiger partial charge in [0.2, 0.25) is 0 Å². The number of hydrogen-bond donors (Lipinski definition) is 2. The molecule has 1 heterocycles. The number of carboxylic acids is 1. The number of aromatic nitrogens is 2. The molecular formula is C12H8Cl3N3O5. The third-order valence-corrected chi connectivity index (χ3v) is 4.42. The van der Waals surface area contributed by atoms with Gasteiger partial charge in [-0.2, -0.15) is 0 Å². The lowest BCUT2D eigenvalue weighted by atomic mass is 10.1. The highest BCUT2D eigenvalue weighted by Crippen LogP contribution is 2.34. The predicted molar refractivity (Wildman–Crippen MR) is 84.1 cm³/mol. The monoisotopic (exact) mass is 379 g/mol. The van der Waals surface area contributed by atoms with Crippen molar-refractivity contribution >= 4 is 46.5 Å². The van der Waals surface area contributed by atoms with Crippen LogP contribution < -0.4 is 5.56 Å². The number of rotatable bonds is 4. The molecule has 0 aliphatic carbocycles. The summed E-state index contributed by atoms with van der Waals surface area (Å²) in [5, 5.41) is 22.5. The van der Waals surface area contributed by atoms with Crippen LogP contribution in [0.1, 0.15) is 18.5 Å². The number of carbonyl (C=O) groups is 1. The summed E-state index contributed by atoms with van der Waals surface area (Å²) in [7, 11) is 0. The van der Waals surface area contributed by atoms with Crippen molar-refractivity contribution in [2.75, 3.05) is 0 Å². The number of hydrogen-bond acceptors (Lipinski definition) is 4. The Balaban J connectivity index is 2.78. The normalized spacial score (nSPS) is 12.2. The van der Waals surface area contributed by atoms with Crippen molar-refractivity contribution in [3.63, 3.8) is 0 Å². The first-order chi connectivity index (χ1) is 10.7. The fraction of sp³-hybridized carbons (Fsp3) is 0.167. The molecule has 122 valence electrons. The maximum atomic E-state index is 12.3. The van der Waals surface area contributed by atoms with E-state index in [1.165, 1.54) is 19.1 Å². The minimum absolute atomic E-state index is 0.0120. The number of nitrogens with one attached hydrogen (secondary N) is 1. The fourth-order valence-corrected chi connectivity index (χ4v) is 2.52. The molecule has 0 spiro atoms. The molecule has 23 heavy (non-hydrogen) atoms. The first kappa shape index (κ1) is 17.3. The SMILES string of the molecule is CC(C(=O)O)c1[nH]n(-c2ccc(Cl)c(Cl)c2Cl)c(=O)c1[N+](=O)[O-]. The van der Waals surface area contributed by atoms with Crippen LogP contribution in [0.2, 0.25) is 15.1 Å². The highest BCUT2D eigenvalue weighted by molar-refractivity contribution is 6.48. The van der Waals surface area contributed by atoms with Crippen LogP contribution in [0.25, 0.3) is 5.69 Å². The van der Waals surface area contributed by atoms with Crippen LogP contribution in [0.15, 0.2) is 16.9 Å². The molecule has 2 aromatic rings. The summed E-state index contributed by atoms with van der Waals surface area (Å²) in [6, 6.07) is 2.68. The van der Waals surface area contributed by atoms with Crippen LogP contribution in [0.5, 0.6) is 0 Å². The van der Waals surface area contributed by atoms with Gasteiger partial charge in [0, 0.05) is 0 Å². The van der Waals surface area contributed by atoms with E-state index in [1.807, 2.05) is 0 Å². The van der Waals surface area contributed by atoms with Gasteiger partial charge in [-0.25, -0.2) is 4.68 Å². The zero-order valence-electron chi connectivity index (χ0n) is 11.3. The van der Waals surface area contributed by atoms with E-state index in [0.29, 0.717) is 0 Å². The lowest BCUT2D eigenvalue weighted by molar-refractivity contribution is -0.386. The van der Waals surface area contributed by atoms with Gasteiger partial charge in [0.25, 0.3) is 0 Å². The molecule has 2 rings (SSSR count). The third kappa shape index (κ3) is 2.92. The molecular weight excluding hydrogens is 373 g/mol. The molecule has 1 atom stereocenters. The summed E-state index contributed by atoms with van der Waals surface area (Å²) >= 11 is 17.7. The van der Waals surface area contributed by atoms with E-state index in [4.69, 9.17) is 39.9 Å². The Bertz CT molecular complexity index is 874. The van der Waals surface area contributed by atoms with E-state index in [9.17, 15) is 19.7 Å². The number of halogens is 3. The third-order valence-electron chi connectivity index (χ3n) is 3.13. The number of benzene rings is 1. The topological polar surface area (TPSA) is 118 Å². The average Bonchev–Trinajstić information content (AvgIpc) is 2.81. The Hall–Kier alpha value is -2.03. The molecule has 0 radical (unpaired) electrons. The molecule has 2 N–H and O–H groups in total. The van der Waals surface area contributed by atoms with Gasteiger partial charge in [0.05, 0.1) is 25.7 Å². The fourth-order valence-electron chi connectivity index (χ4n) is 1.91. The molecule has 0 aliphatic rings. The van der Waals surface area contributed by atoms with Crippen molar-refractivity contribution in [1.29, 1.82) is 0 Å². The predicted octanol–water partition coefficient (Wildman–Crippen LogP) is 3.22. The molecule has 1 aromatic heterocycles. The Kier molecular flexibility index (Phi) is 4.69. The molecule has 0 saturated heterocycles. The van der Waals surface area contributed by atoms with E-state index in [2.05, 4.69) is 5.10 Å². The van der Waals surface area contributed by atoms with Gasteiger partial charge in [-0.3, -0.25) is 24.8 Å². The molecule has 0 fully saturated rings. The quantitative estimate of drug-likeness (QED) is 0.479. The van der Waals surface area contributed by atoms with Gasteiger partial charge >= 0.3 is 17.2 Å². The number of nitrogens with zero attached hydrogens (tertiary/aromatic N) is 2. The maximum absolute atomic E-state index is 12.3. The summed E-state index contributed by atoms with van der Waals surface area (Å²) in [4.78, 5) is 33.5. The summed E-state index contributed by atoms with van der Waals surface area (Å²) in [5.41, 5.74) is -2.27. The Labute approximate surface area is 143 Å². The van der Waals surface area contributed by atoms with Crippen LogP contribution in [-0.4, -0.2) is 25.8 Å². The molecule has 0 bridgehead atoms. The van der Waals surface area contributed by atoms with Crippen LogP contribution in [0.4, 0.5) is 5.69 Å². The molecule has 0 amide bonds. The van der Waals surface area contributed by atoms with E-state index >= 15 is 0 Å². The number of nitro groups is 1. The summed E-state index contributed by atoms with van der Waals surface area (Å²) in [6.07, 6.45) is 0. The van der Waals surface area contributed by atoms with Gasteiger partial charge in [-0.15, -0.1) is 0 Å². The second-order valence-corrected chi connectivity index (χ2v) is 5.69. The molecule has 8 nitrogen and oxygen atoms in total.